The number of anilines is 1. The average Bonchev–Trinajstić information content (AvgIpc) is 2.36. The average molecular weight is 218 g/mol. The van der Waals surface area contributed by atoms with E-state index in [0.717, 1.165) is 11.7 Å². The van der Waals surface area contributed by atoms with E-state index in [9.17, 15) is 0 Å². The molecule has 4 heteroatoms. The third-order valence-corrected chi connectivity index (χ3v) is 4.06. The lowest BCUT2D eigenvalue weighted by molar-refractivity contribution is 0.0457. The zero-order valence-corrected chi connectivity index (χ0v) is 9.63. The number of fused-ring (bicyclic) bond motifs is 3. The molecule has 2 bridgehead atoms. The van der Waals surface area contributed by atoms with Crippen LogP contribution in [0, 0.1) is 5.92 Å². The summed E-state index contributed by atoms with van der Waals surface area (Å²) in [6.07, 6.45) is 4.36. The molecule has 3 aliphatic heterocycles. The van der Waals surface area contributed by atoms with Crippen LogP contribution in [0.5, 0.6) is 0 Å². The summed E-state index contributed by atoms with van der Waals surface area (Å²) in [4.78, 5) is 2.58. The lowest BCUT2D eigenvalue weighted by Crippen LogP contribution is -2.59. The van der Waals surface area contributed by atoms with E-state index in [1.165, 1.54) is 25.9 Å². The normalized spacial score (nSPS) is 37.3. The molecule has 1 aromatic heterocycles. The van der Waals surface area contributed by atoms with Gasteiger partial charge in [-0.1, -0.05) is 0 Å². The Bertz CT molecular complexity index is 343. The Morgan fingerprint density at radius 1 is 1.38 bits per heavy atom. The SMILES string of the molecule is CC1C(Nc2cccnn2)C2CCN1CC2. The highest BCUT2D eigenvalue weighted by atomic mass is 15.2. The van der Waals surface area contributed by atoms with Crippen molar-refractivity contribution in [3.8, 4) is 0 Å². The minimum absolute atomic E-state index is 0.541. The highest BCUT2D eigenvalue weighted by Gasteiger charge is 2.39. The van der Waals surface area contributed by atoms with Gasteiger partial charge in [0.15, 0.2) is 0 Å². The van der Waals surface area contributed by atoms with Crippen LogP contribution in [-0.4, -0.2) is 40.3 Å². The predicted octanol–water partition coefficient (Wildman–Crippen LogP) is 1.37. The number of nitrogens with one attached hydrogen (secondary N) is 1. The highest BCUT2D eigenvalue weighted by molar-refractivity contribution is 5.34. The van der Waals surface area contributed by atoms with E-state index < -0.39 is 0 Å². The third kappa shape index (κ3) is 1.67. The molecule has 16 heavy (non-hydrogen) atoms. The number of aromatic nitrogens is 2. The van der Waals surface area contributed by atoms with Crippen molar-refractivity contribution in [2.75, 3.05) is 18.4 Å². The lowest BCUT2D eigenvalue weighted by Gasteiger charge is -2.50. The fourth-order valence-electron chi connectivity index (χ4n) is 3.09. The van der Waals surface area contributed by atoms with Crippen molar-refractivity contribution in [1.29, 1.82) is 0 Å². The van der Waals surface area contributed by atoms with Gasteiger partial charge in [0.2, 0.25) is 0 Å². The molecule has 4 nitrogen and oxygen atoms in total. The monoisotopic (exact) mass is 218 g/mol. The summed E-state index contributed by atoms with van der Waals surface area (Å²) in [5, 5.41) is 11.6. The molecule has 1 N–H and O–H groups in total. The first-order chi connectivity index (χ1) is 7.84. The van der Waals surface area contributed by atoms with E-state index in [4.69, 9.17) is 0 Å². The van der Waals surface area contributed by atoms with Crippen LogP contribution in [0.15, 0.2) is 18.3 Å². The van der Waals surface area contributed by atoms with Crippen molar-refractivity contribution < 1.29 is 0 Å². The van der Waals surface area contributed by atoms with Crippen LogP contribution in [-0.2, 0) is 0 Å². The number of piperidine rings is 3. The predicted molar refractivity (Wildman–Crippen MR) is 63.2 cm³/mol. The van der Waals surface area contributed by atoms with E-state index in [1.54, 1.807) is 6.20 Å². The highest BCUT2D eigenvalue weighted by Crippen LogP contribution is 2.33. The Morgan fingerprint density at radius 2 is 2.19 bits per heavy atom. The molecule has 0 radical (unpaired) electrons. The molecule has 0 saturated carbocycles. The van der Waals surface area contributed by atoms with Gasteiger partial charge in [0, 0.05) is 18.3 Å². The molecule has 1 aromatic rings. The number of rotatable bonds is 2. The molecule has 0 amide bonds. The minimum Gasteiger partial charge on any atom is -0.364 e. The van der Waals surface area contributed by atoms with E-state index >= 15 is 0 Å². The van der Waals surface area contributed by atoms with Gasteiger partial charge in [-0.3, -0.25) is 4.90 Å². The zero-order valence-electron chi connectivity index (χ0n) is 9.63. The second kappa shape index (κ2) is 4.01. The Hall–Kier alpha value is -1.16. The zero-order chi connectivity index (χ0) is 11.0. The minimum atomic E-state index is 0.541. The molecule has 4 heterocycles. The Kier molecular flexibility index (Phi) is 2.52. The lowest BCUT2D eigenvalue weighted by atomic mass is 9.79. The number of nitrogens with zero attached hydrogens (tertiary/aromatic N) is 3. The smallest absolute Gasteiger partial charge is 0.148 e. The summed E-state index contributed by atoms with van der Waals surface area (Å²) in [5.41, 5.74) is 0. The Balaban J connectivity index is 1.75. The van der Waals surface area contributed by atoms with Gasteiger partial charge in [0.25, 0.3) is 0 Å². The largest absolute Gasteiger partial charge is 0.364 e. The van der Waals surface area contributed by atoms with Crippen LogP contribution in [0.4, 0.5) is 5.82 Å². The molecule has 3 fully saturated rings. The third-order valence-electron chi connectivity index (χ3n) is 4.06. The molecule has 2 atom stereocenters. The standard InChI is InChI=1S/C12H18N4/c1-9-12(10-4-7-16(9)8-5-10)14-11-3-2-6-13-15-11/h2-3,6,9-10,12H,4-5,7-8H2,1H3,(H,14,15). The summed E-state index contributed by atoms with van der Waals surface area (Å²) in [6.45, 7) is 4.86. The van der Waals surface area contributed by atoms with Crippen molar-refractivity contribution >= 4 is 5.82 Å². The summed E-state index contributed by atoms with van der Waals surface area (Å²) in [6, 6.07) is 5.09. The molecule has 86 valence electrons. The van der Waals surface area contributed by atoms with Crippen LogP contribution in [0.3, 0.4) is 0 Å². The summed E-state index contributed by atoms with van der Waals surface area (Å²) in [7, 11) is 0. The fourth-order valence-corrected chi connectivity index (χ4v) is 3.09. The van der Waals surface area contributed by atoms with Gasteiger partial charge in [0.1, 0.15) is 5.82 Å². The van der Waals surface area contributed by atoms with Gasteiger partial charge in [0.05, 0.1) is 0 Å². The second-order valence-corrected chi connectivity index (χ2v) is 4.89. The fraction of sp³-hybridized carbons (Fsp3) is 0.667. The second-order valence-electron chi connectivity index (χ2n) is 4.89. The number of hydrogen-bond donors (Lipinski definition) is 1. The first kappa shape index (κ1) is 10.0. The maximum Gasteiger partial charge on any atom is 0.148 e. The van der Waals surface area contributed by atoms with Gasteiger partial charge < -0.3 is 5.32 Å². The molecular formula is C12H18N4. The van der Waals surface area contributed by atoms with E-state index in [-0.39, 0.29) is 0 Å². The molecule has 0 aliphatic carbocycles. The van der Waals surface area contributed by atoms with Crippen LogP contribution < -0.4 is 5.32 Å². The molecule has 3 saturated heterocycles. The van der Waals surface area contributed by atoms with Crippen LogP contribution in [0.2, 0.25) is 0 Å². The summed E-state index contributed by atoms with van der Waals surface area (Å²) < 4.78 is 0. The van der Waals surface area contributed by atoms with Gasteiger partial charge in [-0.05, 0) is 50.9 Å². The van der Waals surface area contributed by atoms with Crippen molar-refractivity contribution in [2.24, 2.45) is 5.92 Å². The molecule has 2 unspecified atom stereocenters. The van der Waals surface area contributed by atoms with E-state index in [2.05, 4.69) is 27.3 Å². The van der Waals surface area contributed by atoms with E-state index in [1.807, 2.05) is 12.1 Å². The summed E-state index contributed by atoms with van der Waals surface area (Å²) >= 11 is 0. The van der Waals surface area contributed by atoms with Gasteiger partial charge in [-0.25, -0.2) is 0 Å². The quantitative estimate of drug-likeness (QED) is 0.814. The Labute approximate surface area is 96.1 Å². The topological polar surface area (TPSA) is 41.1 Å². The van der Waals surface area contributed by atoms with Gasteiger partial charge >= 0.3 is 0 Å². The summed E-state index contributed by atoms with van der Waals surface area (Å²) in [5.74, 6) is 1.72. The first-order valence-electron chi connectivity index (χ1n) is 6.13. The van der Waals surface area contributed by atoms with Gasteiger partial charge in [-0.2, -0.15) is 5.10 Å². The Morgan fingerprint density at radius 3 is 2.81 bits per heavy atom. The van der Waals surface area contributed by atoms with Gasteiger partial charge in [-0.15, -0.1) is 5.10 Å². The maximum atomic E-state index is 4.11. The molecular weight excluding hydrogens is 200 g/mol. The van der Waals surface area contributed by atoms with Crippen molar-refractivity contribution in [3.63, 3.8) is 0 Å². The molecule has 0 spiro atoms. The first-order valence-corrected chi connectivity index (χ1v) is 6.13. The van der Waals surface area contributed by atoms with Crippen molar-refractivity contribution in [2.45, 2.75) is 31.8 Å². The van der Waals surface area contributed by atoms with Crippen molar-refractivity contribution in [1.82, 2.24) is 15.1 Å². The number of hydrogen-bond acceptors (Lipinski definition) is 4. The van der Waals surface area contributed by atoms with Crippen LogP contribution >= 0.6 is 0 Å². The van der Waals surface area contributed by atoms with Crippen LogP contribution in [0.25, 0.3) is 0 Å². The maximum absolute atomic E-state index is 4.11. The molecule has 4 rings (SSSR count). The molecule has 0 aromatic carbocycles. The van der Waals surface area contributed by atoms with Crippen molar-refractivity contribution in [3.05, 3.63) is 18.3 Å². The van der Waals surface area contributed by atoms with Crippen LogP contribution in [0.1, 0.15) is 19.8 Å². The molecule has 3 aliphatic rings. The van der Waals surface area contributed by atoms with E-state index in [0.29, 0.717) is 12.1 Å².